The summed E-state index contributed by atoms with van der Waals surface area (Å²) >= 11 is 1.07. The number of hydrogen-bond donors (Lipinski definition) is 0. The van der Waals surface area contributed by atoms with Crippen LogP contribution in [0.1, 0.15) is 19.8 Å². The number of carbonyl (C=O) groups is 1. The normalized spacial score (nSPS) is 11.5. The molecule has 0 atom stereocenters. The van der Waals surface area contributed by atoms with E-state index < -0.39 is 0 Å². The number of nitrogens with zero attached hydrogens (tertiary/aromatic N) is 3. The van der Waals surface area contributed by atoms with E-state index in [0.717, 1.165) is 30.3 Å². The van der Waals surface area contributed by atoms with Crippen molar-refractivity contribution < 1.29 is 9.53 Å². The molecule has 0 aliphatic carbocycles. The van der Waals surface area contributed by atoms with Crippen molar-refractivity contribution in [3.05, 3.63) is 48.0 Å². The summed E-state index contributed by atoms with van der Waals surface area (Å²) in [5, 5.41) is 4.60. The molecule has 116 valence electrons. The summed E-state index contributed by atoms with van der Waals surface area (Å²) in [7, 11) is 0. The average Bonchev–Trinajstić information content (AvgIpc) is 2.56. The van der Waals surface area contributed by atoms with Crippen LogP contribution in [0.2, 0.25) is 0 Å². The molecule has 1 aromatic heterocycles. The van der Waals surface area contributed by atoms with Gasteiger partial charge in [-0.25, -0.2) is 9.67 Å². The Kier molecular flexibility index (Phi) is 6.21. The molecule has 0 N–H and O–H groups in total. The predicted molar refractivity (Wildman–Crippen MR) is 88.4 cm³/mol. The van der Waals surface area contributed by atoms with Gasteiger partial charge in [0.05, 0.1) is 23.8 Å². The van der Waals surface area contributed by atoms with Gasteiger partial charge in [-0.15, -0.1) is 0 Å². The first-order chi connectivity index (χ1) is 10.7. The Bertz CT molecular complexity index is 683. The van der Waals surface area contributed by atoms with Crippen LogP contribution >= 0.6 is 11.8 Å². The van der Waals surface area contributed by atoms with Crippen LogP contribution in [0.15, 0.2) is 47.6 Å². The summed E-state index contributed by atoms with van der Waals surface area (Å²) in [5.74, 6) is 0.579. The molecule has 6 heteroatoms. The van der Waals surface area contributed by atoms with E-state index in [1.807, 2.05) is 30.3 Å². The summed E-state index contributed by atoms with van der Waals surface area (Å²) in [6, 6.07) is 11.5. The van der Waals surface area contributed by atoms with E-state index in [4.69, 9.17) is 4.74 Å². The van der Waals surface area contributed by atoms with E-state index in [1.165, 1.54) is 0 Å². The third-order valence-corrected chi connectivity index (χ3v) is 3.37. The van der Waals surface area contributed by atoms with Crippen LogP contribution in [0.3, 0.4) is 0 Å². The van der Waals surface area contributed by atoms with Crippen molar-refractivity contribution in [1.29, 1.82) is 0 Å². The molecule has 0 spiro atoms. The van der Waals surface area contributed by atoms with Gasteiger partial charge in [0.15, 0.2) is 0 Å². The van der Waals surface area contributed by atoms with Crippen LogP contribution in [-0.2, 0) is 0 Å². The summed E-state index contributed by atoms with van der Waals surface area (Å²) in [4.78, 5) is 15.4. The molecule has 1 heterocycles. The maximum Gasteiger partial charge on any atom is 0.305 e. The highest BCUT2D eigenvalue weighted by Gasteiger charge is 2.06. The van der Waals surface area contributed by atoms with E-state index in [0.29, 0.717) is 17.8 Å². The molecular formula is C16H19N3O2S. The zero-order valence-electron chi connectivity index (χ0n) is 12.7. The molecule has 0 radical (unpaired) electrons. The first kappa shape index (κ1) is 16.3. The van der Waals surface area contributed by atoms with Gasteiger partial charge in [-0.3, -0.25) is 4.79 Å². The van der Waals surface area contributed by atoms with Gasteiger partial charge >= 0.3 is 5.24 Å². The van der Waals surface area contributed by atoms with Crippen molar-refractivity contribution in [2.45, 2.75) is 19.8 Å². The lowest BCUT2D eigenvalue weighted by Crippen LogP contribution is -2.15. The first-order valence-corrected chi connectivity index (χ1v) is 8.37. The molecular weight excluding hydrogens is 298 g/mol. The van der Waals surface area contributed by atoms with Crippen LogP contribution in [-0.4, -0.2) is 27.9 Å². The van der Waals surface area contributed by atoms with E-state index in [1.54, 1.807) is 23.2 Å². The van der Waals surface area contributed by atoms with E-state index >= 15 is 0 Å². The Morgan fingerprint density at radius 3 is 2.82 bits per heavy atom. The maximum atomic E-state index is 11.4. The Balaban J connectivity index is 2.40. The summed E-state index contributed by atoms with van der Waals surface area (Å²) < 4.78 is 7.52. The van der Waals surface area contributed by atoms with Crippen molar-refractivity contribution in [1.82, 2.24) is 9.78 Å². The predicted octanol–water partition coefficient (Wildman–Crippen LogP) is 3.43. The van der Waals surface area contributed by atoms with Gasteiger partial charge in [0.25, 0.3) is 0 Å². The second-order valence-corrected chi connectivity index (χ2v) is 5.34. The smallest absolute Gasteiger partial charge is 0.305 e. The second kappa shape index (κ2) is 8.38. The zero-order valence-corrected chi connectivity index (χ0v) is 13.5. The molecule has 0 bridgehead atoms. The van der Waals surface area contributed by atoms with Crippen LogP contribution in [0.25, 0.3) is 5.69 Å². The molecule has 0 saturated carbocycles. The Labute approximate surface area is 134 Å². The van der Waals surface area contributed by atoms with E-state index in [-0.39, 0.29) is 5.24 Å². The van der Waals surface area contributed by atoms with Gasteiger partial charge in [-0.1, -0.05) is 43.3 Å². The lowest BCUT2D eigenvalue weighted by molar-refractivity contribution is 0.267. The topological polar surface area (TPSA) is 56.5 Å². The Hall–Kier alpha value is -2.08. The lowest BCUT2D eigenvalue weighted by Gasteiger charge is -2.12. The highest BCUT2D eigenvalue weighted by Crippen LogP contribution is 2.14. The molecule has 22 heavy (non-hydrogen) atoms. The fourth-order valence-corrected chi connectivity index (χ4v) is 1.99. The molecule has 1 aromatic carbocycles. The van der Waals surface area contributed by atoms with Crippen LogP contribution < -0.4 is 10.1 Å². The SMILES string of the molecule is CCCCOc1cc(=NC(=O)SC)cnn1-c1ccccc1. The number of rotatable bonds is 5. The summed E-state index contributed by atoms with van der Waals surface area (Å²) in [6.07, 6.45) is 5.27. The molecule has 1 amide bonds. The average molecular weight is 317 g/mol. The number of benzene rings is 1. The molecule has 0 fully saturated rings. The molecule has 0 saturated heterocycles. The summed E-state index contributed by atoms with van der Waals surface area (Å²) in [6.45, 7) is 2.71. The van der Waals surface area contributed by atoms with Crippen molar-refractivity contribution in [2.24, 2.45) is 4.99 Å². The lowest BCUT2D eigenvalue weighted by atomic mass is 10.3. The third-order valence-electron chi connectivity index (χ3n) is 2.93. The number of ether oxygens (including phenoxy) is 1. The first-order valence-electron chi connectivity index (χ1n) is 7.15. The fraction of sp³-hybridized carbons (Fsp3) is 0.312. The van der Waals surface area contributed by atoms with Gasteiger partial charge in [0, 0.05) is 6.07 Å². The van der Waals surface area contributed by atoms with Crippen molar-refractivity contribution in [3.63, 3.8) is 0 Å². The van der Waals surface area contributed by atoms with Crippen molar-refractivity contribution >= 4 is 17.0 Å². The molecule has 0 unspecified atom stereocenters. The zero-order chi connectivity index (χ0) is 15.8. The van der Waals surface area contributed by atoms with Crippen molar-refractivity contribution in [2.75, 3.05) is 12.9 Å². The molecule has 2 aromatic rings. The Morgan fingerprint density at radius 2 is 2.14 bits per heavy atom. The number of aromatic nitrogens is 2. The molecule has 0 aliphatic rings. The number of para-hydroxylation sites is 1. The Morgan fingerprint density at radius 1 is 1.36 bits per heavy atom. The number of thioether (sulfide) groups is 1. The fourth-order valence-electron chi connectivity index (χ4n) is 1.80. The second-order valence-electron chi connectivity index (χ2n) is 4.58. The van der Waals surface area contributed by atoms with Gasteiger partial charge in [-0.2, -0.15) is 5.10 Å². The van der Waals surface area contributed by atoms with Gasteiger partial charge in [0.2, 0.25) is 5.88 Å². The van der Waals surface area contributed by atoms with E-state index in [9.17, 15) is 4.79 Å². The number of unbranched alkanes of at least 4 members (excludes halogenated alkanes) is 1. The monoisotopic (exact) mass is 317 g/mol. The quantitative estimate of drug-likeness (QED) is 0.793. The maximum absolute atomic E-state index is 11.4. The van der Waals surface area contributed by atoms with Crippen LogP contribution in [0.5, 0.6) is 5.88 Å². The van der Waals surface area contributed by atoms with E-state index in [2.05, 4.69) is 17.0 Å². The minimum atomic E-state index is -0.251. The van der Waals surface area contributed by atoms with Crippen LogP contribution in [0.4, 0.5) is 4.79 Å². The van der Waals surface area contributed by atoms with Crippen LogP contribution in [0, 0.1) is 0 Å². The number of carbonyl (C=O) groups excluding carboxylic acids is 1. The molecule has 5 nitrogen and oxygen atoms in total. The standard InChI is InChI=1S/C16H19N3O2S/c1-3-4-10-21-15-11-13(18-16(20)22-2)12-17-19(15)14-8-6-5-7-9-14/h5-9,11-12H,3-4,10H2,1-2H3. The largest absolute Gasteiger partial charge is 0.478 e. The highest BCUT2D eigenvalue weighted by atomic mass is 32.2. The summed E-state index contributed by atoms with van der Waals surface area (Å²) in [5.41, 5.74) is 0.900. The minimum Gasteiger partial charge on any atom is -0.478 e. The van der Waals surface area contributed by atoms with Crippen molar-refractivity contribution in [3.8, 4) is 11.6 Å². The molecule has 0 aliphatic heterocycles. The minimum absolute atomic E-state index is 0.251. The highest BCUT2D eigenvalue weighted by molar-refractivity contribution is 8.13. The molecule has 2 rings (SSSR count). The number of hydrogen-bond acceptors (Lipinski definition) is 4. The van der Waals surface area contributed by atoms with Gasteiger partial charge in [-0.05, 0) is 24.8 Å². The van der Waals surface area contributed by atoms with Gasteiger partial charge in [0.1, 0.15) is 0 Å². The number of amides is 1. The van der Waals surface area contributed by atoms with Gasteiger partial charge < -0.3 is 4.74 Å². The third kappa shape index (κ3) is 4.46.